The molecule has 19 heavy (non-hydrogen) atoms. The maximum atomic E-state index is 12.0. The number of dihydropyridines is 1. The number of guanidine groups is 1. The number of carbonyl (C=O) groups is 2. The molecule has 0 saturated carbocycles. The number of nitrogens with zero attached hydrogens (tertiary/aromatic N) is 2. The van der Waals surface area contributed by atoms with E-state index in [4.69, 9.17) is 11.5 Å². The van der Waals surface area contributed by atoms with E-state index in [2.05, 4.69) is 16.4 Å². The SMILES string of the molecule is C[C@@H]1C(=O)N(C)C(N)=NC1C1=C(C(N)=O)CNC=[C]1. The summed E-state index contributed by atoms with van der Waals surface area (Å²) in [6.45, 7) is 2.05. The van der Waals surface area contributed by atoms with Crippen LogP contribution >= 0.6 is 0 Å². The van der Waals surface area contributed by atoms with Crippen LogP contribution in [0.3, 0.4) is 0 Å². The Morgan fingerprint density at radius 3 is 2.95 bits per heavy atom. The van der Waals surface area contributed by atoms with E-state index in [1.165, 1.54) is 4.90 Å². The molecule has 2 heterocycles. The zero-order valence-electron chi connectivity index (χ0n) is 10.8. The molecule has 1 unspecified atom stereocenters. The Bertz CT molecular complexity index is 520. The Hall–Kier alpha value is -2.31. The van der Waals surface area contributed by atoms with Crippen molar-refractivity contribution in [2.24, 2.45) is 22.4 Å². The van der Waals surface area contributed by atoms with Gasteiger partial charge in [0.25, 0.3) is 0 Å². The van der Waals surface area contributed by atoms with E-state index in [-0.39, 0.29) is 11.9 Å². The summed E-state index contributed by atoms with van der Waals surface area (Å²) in [4.78, 5) is 29.1. The van der Waals surface area contributed by atoms with Crippen molar-refractivity contribution < 1.29 is 9.59 Å². The maximum Gasteiger partial charge on any atom is 0.246 e. The van der Waals surface area contributed by atoms with Gasteiger partial charge in [0, 0.05) is 31.4 Å². The molecule has 0 bridgehead atoms. The van der Waals surface area contributed by atoms with Crippen LogP contribution in [-0.2, 0) is 9.59 Å². The first-order chi connectivity index (χ1) is 8.93. The Morgan fingerprint density at radius 2 is 2.32 bits per heavy atom. The van der Waals surface area contributed by atoms with Crippen LogP contribution in [0, 0.1) is 12.0 Å². The third-order valence-corrected chi connectivity index (χ3v) is 3.34. The quantitative estimate of drug-likeness (QED) is 0.560. The molecule has 101 valence electrons. The third kappa shape index (κ3) is 2.18. The first-order valence-electron chi connectivity index (χ1n) is 5.88. The van der Waals surface area contributed by atoms with Gasteiger partial charge in [0.2, 0.25) is 11.8 Å². The van der Waals surface area contributed by atoms with Crippen LogP contribution in [0.15, 0.2) is 22.3 Å². The number of rotatable bonds is 2. The summed E-state index contributed by atoms with van der Waals surface area (Å²) in [6.07, 6.45) is 4.50. The summed E-state index contributed by atoms with van der Waals surface area (Å²) in [6, 6.07) is -0.524. The largest absolute Gasteiger partial charge is 0.386 e. The third-order valence-electron chi connectivity index (χ3n) is 3.34. The first-order valence-corrected chi connectivity index (χ1v) is 5.88. The van der Waals surface area contributed by atoms with Crippen LogP contribution < -0.4 is 16.8 Å². The molecule has 2 atom stereocenters. The van der Waals surface area contributed by atoms with Gasteiger partial charge < -0.3 is 16.8 Å². The molecule has 0 aliphatic carbocycles. The Labute approximate surface area is 111 Å². The lowest BCUT2D eigenvalue weighted by Gasteiger charge is -2.32. The number of primary amides is 1. The summed E-state index contributed by atoms with van der Waals surface area (Å²) >= 11 is 0. The van der Waals surface area contributed by atoms with E-state index in [0.717, 1.165) is 0 Å². The molecule has 2 rings (SSSR count). The molecule has 0 saturated heterocycles. The number of carbonyl (C=O) groups excluding carboxylic acids is 2. The number of amides is 2. The van der Waals surface area contributed by atoms with Crippen molar-refractivity contribution >= 4 is 17.8 Å². The number of hydrogen-bond donors (Lipinski definition) is 3. The zero-order valence-corrected chi connectivity index (χ0v) is 10.8. The molecule has 0 aromatic carbocycles. The molecule has 7 heteroatoms. The lowest BCUT2D eigenvalue weighted by molar-refractivity contribution is -0.131. The number of nitrogens with one attached hydrogen (secondary N) is 1. The van der Waals surface area contributed by atoms with Crippen LogP contribution in [0.25, 0.3) is 0 Å². The minimum atomic E-state index is -0.546. The second kappa shape index (κ2) is 4.75. The predicted molar refractivity (Wildman–Crippen MR) is 69.4 cm³/mol. The van der Waals surface area contributed by atoms with Crippen molar-refractivity contribution in [1.82, 2.24) is 10.2 Å². The van der Waals surface area contributed by atoms with Crippen molar-refractivity contribution in [2.45, 2.75) is 13.0 Å². The van der Waals surface area contributed by atoms with Gasteiger partial charge in [-0.3, -0.25) is 14.5 Å². The molecular weight excluding hydrogens is 246 g/mol. The maximum absolute atomic E-state index is 12.0. The van der Waals surface area contributed by atoms with Crippen LogP contribution in [0.2, 0.25) is 0 Å². The number of nitrogens with two attached hydrogens (primary N) is 2. The fourth-order valence-corrected chi connectivity index (χ4v) is 2.16. The van der Waals surface area contributed by atoms with Crippen LogP contribution in [-0.4, -0.2) is 42.3 Å². The standard InChI is InChI=1S/C12H16N5O2/c1-6-9(16-12(14)17(2)11(6)19)7-3-4-15-5-8(7)10(13)18/h4,6,9,15H,5H2,1-2H3,(H2,13,18)(H2,14,16)/t6-,9?/m0/s1. The Balaban J connectivity index is 2.48. The Morgan fingerprint density at radius 1 is 1.63 bits per heavy atom. The fourth-order valence-electron chi connectivity index (χ4n) is 2.16. The highest BCUT2D eigenvalue weighted by Gasteiger charge is 2.36. The highest BCUT2D eigenvalue weighted by atomic mass is 16.2. The molecule has 2 aliphatic heterocycles. The zero-order chi connectivity index (χ0) is 14.2. The van der Waals surface area contributed by atoms with Gasteiger partial charge in [0.15, 0.2) is 5.96 Å². The van der Waals surface area contributed by atoms with E-state index < -0.39 is 17.9 Å². The normalized spacial score (nSPS) is 27.2. The Kier molecular flexibility index (Phi) is 3.28. The monoisotopic (exact) mass is 262 g/mol. The average molecular weight is 262 g/mol. The van der Waals surface area contributed by atoms with Gasteiger partial charge in [-0.25, -0.2) is 4.99 Å². The van der Waals surface area contributed by atoms with Gasteiger partial charge in [-0.05, 0) is 5.57 Å². The van der Waals surface area contributed by atoms with Crippen LogP contribution in [0.4, 0.5) is 0 Å². The number of hydrogen-bond acceptors (Lipinski definition) is 5. The predicted octanol–water partition coefficient (Wildman–Crippen LogP) is -1.52. The minimum absolute atomic E-state index is 0.129. The van der Waals surface area contributed by atoms with E-state index in [0.29, 0.717) is 17.7 Å². The van der Waals surface area contributed by atoms with E-state index in [9.17, 15) is 9.59 Å². The van der Waals surface area contributed by atoms with Crippen molar-refractivity contribution in [3.8, 4) is 0 Å². The van der Waals surface area contributed by atoms with Crippen molar-refractivity contribution in [3.63, 3.8) is 0 Å². The van der Waals surface area contributed by atoms with Crippen molar-refractivity contribution in [3.05, 3.63) is 23.4 Å². The molecule has 1 radical (unpaired) electrons. The van der Waals surface area contributed by atoms with Gasteiger partial charge in [-0.2, -0.15) is 0 Å². The highest BCUT2D eigenvalue weighted by Crippen LogP contribution is 2.26. The summed E-state index contributed by atoms with van der Waals surface area (Å²) < 4.78 is 0. The molecule has 2 aliphatic rings. The lowest BCUT2D eigenvalue weighted by Crippen LogP contribution is -2.50. The van der Waals surface area contributed by atoms with E-state index >= 15 is 0 Å². The first kappa shape index (κ1) is 13.1. The summed E-state index contributed by atoms with van der Waals surface area (Å²) in [5.74, 6) is -0.977. The molecular formula is C12H16N5O2. The molecule has 0 aromatic rings. The summed E-state index contributed by atoms with van der Waals surface area (Å²) in [5, 5.41) is 2.86. The van der Waals surface area contributed by atoms with Crippen LogP contribution in [0.5, 0.6) is 0 Å². The minimum Gasteiger partial charge on any atom is -0.386 e. The van der Waals surface area contributed by atoms with Crippen molar-refractivity contribution in [2.75, 3.05) is 13.6 Å². The number of aliphatic imine (C=N–C) groups is 1. The molecule has 0 aromatic heterocycles. The van der Waals surface area contributed by atoms with E-state index in [1.807, 2.05) is 0 Å². The van der Waals surface area contributed by atoms with E-state index in [1.54, 1.807) is 20.2 Å². The highest BCUT2D eigenvalue weighted by molar-refractivity contribution is 6.00. The molecule has 0 fully saturated rings. The molecule has 5 N–H and O–H groups in total. The van der Waals surface area contributed by atoms with Gasteiger partial charge in [0.05, 0.1) is 12.0 Å². The second-order valence-electron chi connectivity index (χ2n) is 4.54. The summed E-state index contributed by atoms with van der Waals surface area (Å²) in [7, 11) is 1.57. The van der Waals surface area contributed by atoms with Gasteiger partial charge >= 0.3 is 0 Å². The average Bonchev–Trinajstić information content (AvgIpc) is 2.40. The van der Waals surface area contributed by atoms with Gasteiger partial charge in [-0.15, -0.1) is 0 Å². The van der Waals surface area contributed by atoms with Crippen molar-refractivity contribution in [1.29, 1.82) is 0 Å². The van der Waals surface area contributed by atoms with Crippen LogP contribution in [0.1, 0.15) is 6.92 Å². The topological polar surface area (TPSA) is 114 Å². The fraction of sp³-hybridized carbons (Fsp3) is 0.417. The molecule has 2 amide bonds. The second-order valence-corrected chi connectivity index (χ2v) is 4.54. The smallest absolute Gasteiger partial charge is 0.246 e. The lowest BCUT2D eigenvalue weighted by atomic mass is 9.88. The van der Waals surface area contributed by atoms with Gasteiger partial charge in [-0.1, -0.05) is 6.92 Å². The molecule has 0 spiro atoms. The summed E-state index contributed by atoms with van der Waals surface area (Å²) in [5.41, 5.74) is 12.0. The van der Waals surface area contributed by atoms with Gasteiger partial charge in [0.1, 0.15) is 0 Å². The molecule has 7 nitrogen and oxygen atoms in total.